The molecule has 0 aliphatic carbocycles. The van der Waals surface area contributed by atoms with Crippen LogP contribution < -0.4 is 0 Å². The molecule has 2 heterocycles. The largest absolute Gasteiger partial charge is 0.337 e. The third-order valence-electron chi connectivity index (χ3n) is 5.77. The van der Waals surface area contributed by atoms with Gasteiger partial charge in [0.15, 0.2) is 9.84 Å². The zero-order valence-corrected chi connectivity index (χ0v) is 19.0. The minimum absolute atomic E-state index is 0.0412. The topological polar surface area (TPSA) is 72.3 Å². The van der Waals surface area contributed by atoms with Crippen LogP contribution >= 0.6 is 0 Å². The number of nitrogens with zero attached hydrogens (tertiary/aromatic N) is 3. The van der Waals surface area contributed by atoms with Gasteiger partial charge in [0.2, 0.25) is 0 Å². The highest BCUT2D eigenvalue weighted by Crippen LogP contribution is 2.27. The Morgan fingerprint density at radius 3 is 2.34 bits per heavy atom. The molecule has 158 valence electrons. The van der Waals surface area contributed by atoms with Gasteiger partial charge < -0.3 is 4.90 Å². The first-order chi connectivity index (χ1) is 13.4. The summed E-state index contributed by atoms with van der Waals surface area (Å²) in [5.74, 6) is 0.317. The first-order valence-electron chi connectivity index (χ1n) is 10.00. The van der Waals surface area contributed by atoms with Gasteiger partial charge in [-0.05, 0) is 43.4 Å². The van der Waals surface area contributed by atoms with Crippen molar-refractivity contribution in [2.45, 2.75) is 59.0 Å². The maximum atomic E-state index is 12.9. The van der Waals surface area contributed by atoms with Crippen LogP contribution in [-0.2, 0) is 21.8 Å². The van der Waals surface area contributed by atoms with Crippen LogP contribution in [0.1, 0.15) is 66.1 Å². The van der Waals surface area contributed by atoms with Crippen molar-refractivity contribution in [3.63, 3.8) is 0 Å². The van der Waals surface area contributed by atoms with Crippen molar-refractivity contribution >= 4 is 15.7 Å². The Balaban J connectivity index is 1.77. The van der Waals surface area contributed by atoms with E-state index in [9.17, 15) is 13.2 Å². The lowest BCUT2D eigenvalue weighted by atomic mass is 9.86. The van der Waals surface area contributed by atoms with Crippen LogP contribution in [0.4, 0.5) is 0 Å². The molecule has 0 bridgehead atoms. The van der Waals surface area contributed by atoms with E-state index >= 15 is 0 Å². The summed E-state index contributed by atoms with van der Waals surface area (Å²) in [5, 5.41) is 4.60. The fraction of sp³-hybridized carbons (Fsp3) is 0.545. The number of amides is 1. The van der Waals surface area contributed by atoms with Gasteiger partial charge in [-0.1, -0.05) is 32.9 Å². The van der Waals surface area contributed by atoms with E-state index in [-0.39, 0.29) is 28.9 Å². The number of benzene rings is 1. The van der Waals surface area contributed by atoms with Crippen LogP contribution in [0, 0.1) is 13.8 Å². The minimum Gasteiger partial charge on any atom is -0.337 e. The van der Waals surface area contributed by atoms with Crippen molar-refractivity contribution in [2.75, 3.05) is 18.6 Å². The lowest BCUT2D eigenvalue weighted by molar-refractivity contribution is 0.0784. The van der Waals surface area contributed by atoms with E-state index in [0.29, 0.717) is 18.5 Å². The number of aromatic nitrogens is 2. The molecule has 6 nitrogen and oxygen atoms in total. The number of hydrogen-bond donors (Lipinski definition) is 0. The van der Waals surface area contributed by atoms with Gasteiger partial charge in [-0.15, -0.1) is 0 Å². The Morgan fingerprint density at radius 1 is 1.21 bits per heavy atom. The summed E-state index contributed by atoms with van der Waals surface area (Å²) in [5.41, 5.74) is 4.66. The molecule has 1 aromatic heterocycles. The number of hydrogen-bond acceptors (Lipinski definition) is 4. The smallest absolute Gasteiger partial charge is 0.253 e. The second-order valence-corrected chi connectivity index (χ2v) is 11.4. The predicted molar refractivity (Wildman–Crippen MR) is 115 cm³/mol. The minimum atomic E-state index is -2.98. The molecule has 1 atom stereocenters. The van der Waals surface area contributed by atoms with Gasteiger partial charge in [0.1, 0.15) is 0 Å². The summed E-state index contributed by atoms with van der Waals surface area (Å²) in [6.45, 7) is 10.8. The summed E-state index contributed by atoms with van der Waals surface area (Å²) in [6, 6.07) is 7.67. The van der Waals surface area contributed by atoms with E-state index in [2.05, 4.69) is 25.9 Å². The lowest BCUT2D eigenvalue weighted by Crippen LogP contribution is -2.27. The number of rotatable bonds is 4. The van der Waals surface area contributed by atoms with E-state index < -0.39 is 9.84 Å². The van der Waals surface area contributed by atoms with Gasteiger partial charge in [-0.25, -0.2) is 8.42 Å². The zero-order valence-electron chi connectivity index (χ0n) is 18.2. The average Bonchev–Trinajstić information content (AvgIpc) is 3.13. The molecule has 1 fully saturated rings. The van der Waals surface area contributed by atoms with Gasteiger partial charge >= 0.3 is 0 Å². The van der Waals surface area contributed by atoms with Crippen molar-refractivity contribution < 1.29 is 13.2 Å². The van der Waals surface area contributed by atoms with Crippen LogP contribution in [0.25, 0.3) is 0 Å². The predicted octanol–water partition coefficient (Wildman–Crippen LogP) is 3.43. The van der Waals surface area contributed by atoms with E-state index in [1.807, 2.05) is 42.8 Å². The molecule has 2 aromatic rings. The third kappa shape index (κ3) is 4.55. The molecule has 0 radical (unpaired) electrons. The Bertz CT molecular complexity index is 1010. The average molecular weight is 418 g/mol. The van der Waals surface area contributed by atoms with Crippen LogP contribution in [0.5, 0.6) is 0 Å². The van der Waals surface area contributed by atoms with Crippen LogP contribution in [-0.4, -0.2) is 47.6 Å². The molecule has 29 heavy (non-hydrogen) atoms. The monoisotopic (exact) mass is 417 g/mol. The summed E-state index contributed by atoms with van der Waals surface area (Å²) < 4.78 is 25.5. The number of carbonyl (C=O) groups is 1. The molecule has 0 N–H and O–H groups in total. The van der Waals surface area contributed by atoms with Crippen LogP contribution in [0.15, 0.2) is 24.3 Å². The molecular weight excluding hydrogens is 386 g/mol. The molecule has 7 heteroatoms. The van der Waals surface area contributed by atoms with E-state index in [0.717, 1.165) is 17.0 Å². The van der Waals surface area contributed by atoms with Gasteiger partial charge in [0.25, 0.3) is 5.91 Å². The molecule has 1 aliphatic heterocycles. The fourth-order valence-corrected chi connectivity index (χ4v) is 5.58. The van der Waals surface area contributed by atoms with Gasteiger partial charge in [0, 0.05) is 30.4 Å². The molecule has 3 rings (SSSR count). The molecule has 1 amide bonds. The molecule has 1 aliphatic rings. The van der Waals surface area contributed by atoms with Crippen LogP contribution in [0.2, 0.25) is 0 Å². The SMILES string of the molecule is Cc1nn([C@H]2CCS(=O)(=O)C2)c(C)c1CN(C)C(=O)c1ccc(C(C)(C)C)cc1. The number of aryl methyl sites for hydroxylation is 1. The maximum absolute atomic E-state index is 12.9. The first-order valence-corrected chi connectivity index (χ1v) is 11.8. The highest BCUT2D eigenvalue weighted by atomic mass is 32.2. The van der Waals surface area contributed by atoms with Gasteiger partial charge in [-0.2, -0.15) is 5.10 Å². The van der Waals surface area contributed by atoms with Crippen molar-refractivity contribution in [3.8, 4) is 0 Å². The van der Waals surface area contributed by atoms with Gasteiger partial charge in [-0.3, -0.25) is 9.48 Å². The lowest BCUT2D eigenvalue weighted by Gasteiger charge is -2.21. The van der Waals surface area contributed by atoms with Crippen molar-refractivity contribution in [1.29, 1.82) is 0 Å². The van der Waals surface area contributed by atoms with Crippen molar-refractivity contribution in [2.24, 2.45) is 0 Å². The zero-order chi connectivity index (χ0) is 21.6. The molecule has 0 saturated carbocycles. The molecule has 1 aromatic carbocycles. The fourth-order valence-electron chi connectivity index (χ4n) is 3.89. The standard InChI is InChI=1S/C22H31N3O3S/c1-15-20(16(2)25(23-15)19-11-12-29(27,28)14-19)13-24(6)21(26)17-7-9-18(10-8-17)22(3,4)5/h7-10,19H,11-14H2,1-6H3/t19-/m0/s1. The Kier molecular flexibility index (Phi) is 5.64. The molecule has 0 spiro atoms. The molecule has 1 saturated heterocycles. The van der Waals surface area contributed by atoms with Crippen molar-refractivity contribution in [3.05, 3.63) is 52.3 Å². The summed E-state index contributed by atoms with van der Waals surface area (Å²) in [6.07, 6.45) is 0.596. The van der Waals surface area contributed by atoms with Crippen LogP contribution in [0.3, 0.4) is 0 Å². The quantitative estimate of drug-likeness (QED) is 0.764. The van der Waals surface area contributed by atoms with E-state index in [1.165, 1.54) is 5.56 Å². The second kappa shape index (κ2) is 7.59. The Morgan fingerprint density at radius 2 is 1.83 bits per heavy atom. The highest BCUT2D eigenvalue weighted by Gasteiger charge is 2.31. The van der Waals surface area contributed by atoms with Gasteiger partial charge in [0.05, 0.1) is 23.2 Å². The molecule has 0 unspecified atom stereocenters. The molecular formula is C22H31N3O3S. The highest BCUT2D eigenvalue weighted by molar-refractivity contribution is 7.91. The van der Waals surface area contributed by atoms with Crippen molar-refractivity contribution in [1.82, 2.24) is 14.7 Å². The Labute approximate surface area is 173 Å². The van der Waals surface area contributed by atoms with E-state index in [4.69, 9.17) is 0 Å². The maximum Gasteiger partial charge on any atom is 0.253 e. The number of carbonyl (C=O) groups excluding carboxylic acids is 1. The summed E-state index contributed by atoms with van der Waals surface area (Å²) >= 11 is 0. The normalized spacial score (nSPS) is 18.8. The third-order valence-corrected chi connectivity index (χ3v) is 7.52. The Hall–Kier alpha value is -2.15. The second-order valence-electron chi connectivity index (χ2n) is 9.14. The summed E-state index contributed by atoms with van der Waals surface area (Å²) in [7, 11) is -1.19. The van der Waals surface area contributed by atoms with E-state index in [1.54, 1.807) is 11.9 Å². The summed E-state index contributed by atoms with van der Waals surface area (Å²) in [4.78, 5) is 14.6. The number of sulfone groups is 1. The first kappa shape index (κ1) is 21.6.